The van der Waals surface area contributed by atoms with Crippen molar-refractivity contribution in [3.8, 4) is 11.6 Å². The molecule has 1 aliphatic rings. The number of nitrogens with one attached hydrogen (secondary N) is 2. The van der Waals surface area contributed by atoms with Gasteiger partial charge in [0.25, 0.3) is 0 Å². The van der Waals surface area contributed by atoms with Gasteiger partial charge in [-0.05, 0) is 25.0 Å². The Morgan fingerprint density at radius 2 is 1.96 bits per heavy atom. The summed E-state index contributed by atoms with van der Waals surface area (Å²) in [6, 6.07) is 11.3. The fourth-order valence-electron chi connectivity index (χ4n) is 2.63. The molecule has 0 unspecified atom stereocenters. The summed E-state index contributed by atoms with van der Waals surface area (Å²) >= 11 is 0. The van der Waals surface area contributed by atoms with E-state index in [9.17, 15) is 4.79 Å². The van der Waals surface area contributed by atoms with Gasteiger partial charge < -0.3 is 20.3 Å². The number of anilines is 1. The van der Waals surface area contributed by atoms with Crippen LogP contribution in [0.4, 0.5) is 10.7 Å². The second-order valence-corrected chi connectivity index (χ2v) is 5.59. The number of amides is 2. The Morgan fingerprint density at radius 1 is 1.21 bits per heavy atom. The van der Waals surface area contributed by atoms with Gasteiger partial charge in [-0.15, -0.1) is 0 Å². The molecule has 7 heteroatoms. The van der Waals surface area contributed by atoms with E-state index < -0.39 is 0 Å². The molecule has 0 aliphatic carbocycles. The average molecular weight is 327 g/mol. The molecule has 0 atom stereocenters. The van der Waals surface area contributed by atoms with Crippen LogP contribution in [-0.2, 0) is 0 Å². The van der Waals surface area contributed by atoms with Crippen LogP contribution in [0.5, 0.6) is 11.6 Å². The molecule has 7 nitrogen and oxygen atoms in total. The molecule has 1 aromatic heterocycles. The van der Waals surface area contributed by atoms with E-state index in [-0.39, 0.29) is 12.1 Å². The monoisotopic (exact) mass is 327 g/mol. The van der Waals surface area contributed by atoms with Crippen LogP contribution >= 0.6 is 0 Å². The summed E-state index contributed by atoms with van der Waals surface area (Å²) in [6.07, 6.45) is 3.43. The van der Waals surface area contributed by atoms with Gasteiger partial charge in [0.05, 0.1) is 0 Å². The first-order valence-electron chi connectivity index (χ1n) is 8.04. The van der Waals surface area contributed by atoms with Crippen molar-refractivity contribution in [1.82, 2.24) is 20.6 Å². The lowest BCUT2D eigenvalue weighted by Gasteiger charge is -2.32. The Morgan fingerprint density at radius 3 is 2.67 bits per heavy atom. The minimum absolute atomic E-state index is 0.136. The first kappa shape index (κ1) is 16.0. The molecule has 1 aromatic carbocycles. The number of ether oxygens (including phenoxy) is 1. The summed E-state index contributed by atoms with van der Waals surface area (Å²) in [7, 11) is 1.62. The zero-order chi connectivity index (χ0) is 16.8. The van der Waals surface area contributed by atoms with Crippen LogP contribution < -0.4 is 20.3 Å². The second-order valence-electron chi connectivity index (χ2n) is 5.59. The van der Waals surface area contributed by atoms with Gasteiger partial charge in [-0.1, -0.05) is 18.2 Å². The van der Waals surface area contributed by atoms with Crippen molar-refractivity contribution in [2.24, 2.45) is 0 Å². The lowest BCUT2D eigenvalue weighted by atomic mass is 10.1. The molecule has 1 saturated heterocycles. The molecule has 1 fully saturated rings. The fraction of sp³-hybridized carbons (Fsp3) is 0.353. The van der Waals surface area contributed by atoms with Crippen LogP contribution in [0.15, 0.2) is 42.6 Å². The standard InChI is InChI=1S/C17H21N5O2/c1-18-17(23)20-13-8-11-22(12-9-13)16-19-10-7-15(21-16)24-14-5-3-2-4-6-14/h2-7,10,13H,8-9,11-12H2,1H3,(H2,18,20,23). The van der Waals surface area contributed by atoms with Crippen LogP contribution in [-0.4, -0.2) is 42.2 Å². The number of piperidine rings is 1. The van der Waals surface area contributed by atoms with E-state index in [4.69, 9.17) is 4.74 Å². The van der Waals surface area contributed by atoms with Crippen LogP contribution in [0, 0.1) is 0 Å². The summed E-state index contributed by atoms with van der Waals surface area (Å²) in [6.45, 7) is 1.59. The number of para-hydroxylation sites is 1. The number of urea groups is 1. The molecule has 24 heavy (non-hydrogen) atoms. The quantitative estimate of drug-likeness (QED) is 0.900. The molecule has 2 aromatic rings. The van der Waals surface area contributed by atoms with E-state index in [1.165, 1.54) is 0 Å². The van der Waals surface area contributed by atoms with Crippen LogP contribution in [0.3, 0.4) is 0 Å². The molecule has 126 valence electrons. The predicted octanol–water partition coefficient (Wildman–Crippen LogP) is 2.17. The Hall–Kier alpha value is -2.83. The summed E-state index contributed by atoms with van der Waals surface area (Å²) in [5.74, 6) is 1.93. The average Bonchev–Trinajstić information content (AvgIpc) is 2.63. The highest BCUT2D eigenvalue weighted by atomic mass is 16.5. The Balaban J connectivity index is 1.60. The fourth-order valence-corrected chi connectivity index (χ4v) is 2.63. The smallest absolute Gasteiger partial charge is 0.314 e. The molecule has 1 aliphatic heterocycles. The number of carbonyl (C=O) groups is 1. The van der Waals surface area contributed by atoms with Crippen molar-refractivity contribution in [2.45, 2.75) is 18.9 Å². The molecule has 0 radical (unpaired) electrons. The maximum absolute atomic E-state index is 11.4. The topological polar surface area (TPSA) is 79.4 Å². The van der Waals surface area contributed by atoms with E-state index >= 15 is 0 Å². The molecule has 0 saturated carbocycles. The first-order valence-corrected chi connectivity index (χ1v) is 8.04. The number of carbonyl (C=O) groups excluding carboxylic acids is 1. The minimum atomic E-state index is -0.136. The normalized spacial score (nSPS) is 15.0. The molecule has 2 heterocycles. The van der Waals surface area contributed by atoms with Crippen molar-refractivity contribution < 1.29 is 9.53 Å². The third-order valence-electron chi connectivity index (χ3n) is 3.92. The predicted molar refractivity (Wildman–Crippen MR) is 91.4 cm³/mol. The van der Waals surface area contributed by atoms with Gasteiger partial charge in [-0.3, -0.25) is 0 Å². The van der Waals surface area contributed by atoms with Gasteiger partial charge in [0.1, 0.15) is 5.75 Å². The second kappa shape index (κ2) is 7.63. The van der Waals surface area contributed by atoms with Gasteiger partial charge >= 0.3 is 6.03 Å². The number of rotatable bonds is 4. The number of hydrogen-bond acceptors (Lipinski definition) is 5. The molecule has 3 rings (SSSR count). The van der Waals surface area contributed by atoms with E-state index in [1.807, 2.05) is 30.3 Å². The van der Waals surface area contributed by atoms with E-state index in [0.29, 0.717) is 11.8 Å². The van der Waals surface area contributed by atoms with E-state index in [0.717, 1.165) is 31.7 Å². The van der Waals surface area contributed by atoms with Gasteiger partial charge in [0.2, 0.25) is 11.8 Å². The first-order chi connectivity index (χ1) is 11.7. The highest BCUT2D eigenvalue weighted by Crippen LogP contribution is 2.22. The van der Waals surface area contributed by atoms with Gasteiger partial charge in [0.15, 0.2) is 0 Å². The van der Waals surface area contributed by atoms with Gasteiger partial charge in [0, 0.05) is 38.4 Å². The van der Waals surface area contributed by atoms with Crippen LogP contribution in [0.2, 0.25) is 0 Å². The van der Waals surface area contributed by atoms with Crippen molar-refractivity contribution in [2.75, 3.05) is 25.0 Å². The molecule has 2 amide bonds. The molecule has 2 N–H and O–H groups in total. The van der Waals surface area contributed by atoms with Gasteiger partial charge in [-0.25, -0.2) is 9.78 Å². The summed E-state index contributed by atoms with van der Waals surface area (Å²) in [4.78, 5) is 22.3. The summed E-state index contributed by atoms with van der Waals surface area (Å²) in [5, 5.41) is 5.52. The highest BCUT2D eigenvalue weighted by molar-refractivity contribution is 5.73. The van der Waals surface area contributed by atoms with Crippen molar-refractivity contribution in [3.63, 3.8) is 0 Å². The molecular formula is C17H21N5O2. The molecule has 0 spiro atoms. The lowest BCUT2D eigenvalue weighted by Crippen LogP contribution is -2.47. The third-order valence-corrected chi connectivity index (χ3v) is 3.92. The van der Waals surface area contributed by atoms with E-state index in [2.05, 4.69) is 25.5 Å². The van der Waals surface area contributed by atoms with Gasteiger partial charge in [-0.2, -0.15) is 4.98 Å². The Bertz CT molecular complexity index is 672. The van der Waals surface area contributed by atoms with Crippen LogP contribution in [0.25, 0.3) is 0 Å². The van der Waals surface area contributed by atoms with Crippen molar-refractivity contribution in [1.29, 1.82) is 0 Å². The molecular weight excluding hydrogens is 306 g/mol. The summed E-state index contributed by atoms with van der Waals surface area (Å²) < 4.78 is 5.76. The maximum Gasteiger partial charge on any atom is 0.314 e. The SMILES string of the molecule is CNC(=O)NC1CCN(c2nccc(Oc3ccccc3)n2)CC1. The lowest BCUT2D eigenvalue weighted by molar-refractivity contribution is 0.236. The number of hydrogen-bond donors (Lipinski definition) is 2. The van der Waals surface area contributed by atoms with Crippen LogP contribution in [0.1, 0.15) is 12.8 Å². The zero-order valence-corrected chi connectivity index (χ0v) is 13.6. The summed E-state index contributed by atoms with van der Waals surface area (Å²) in [5.41, 5.74) is 0. The third kappa shape index (κ3) is 4.13. The molecule has 0 bridgehead atoms. The van der Waals surface area contributed by atoms with E-state index in [1.54, 1.807) is 19.3 Å². The minimum Gasteiger partial charge on any atom is -0.439 e. The number of aromatic nitrogens is 2. The zero-order valence-electron chi connectivity index (χ0n) is 13.6. The Labute approximate surface area is 141 Å². The largest absolute Gasteiger partial charge is 0.439 e. The van der Waals surface area contributed by atoms with Crippen molar-refractivity contribution >= 4 is 12.0 Å². The highest BCUT2D eigenvalue weighted by Gasteiger charge is 2.22. The Kier molecular flexibility index (Phi) is 5.10. The number of benzene rings is 1. The van der Waals surface area contributed by atoms with Crippen molar-refractivity contribution in [3.05, 3.63) is 42.6 Å². The number of nitrogens with zero attached hydrogens (tertiary/aromatic N) is 3. The maximum atomic E-state index is 11.4.